The number of nitrogens with zero attached hydrogens (tertiary/aromatic N) is 2. The number of hydrogen-bond donors (Lipinski definition) is 1. The van der Waals surface area contributed by atoms with Crippen LogP contribution < -0.4 is 10.1 Å². The fourth-order valence-electron chi connectivity index (χ4n) is 3.19. The first-order valence-electron chi connectivity index (χ1n) is 8.91. The predicted molar refractivity (Wildman–Crippen MR) is 107 cm³/mol. The maximum atomic E-state index is 5.87. The van der Waals surface area contributed by atoms with Crippen molar-refractivity contribution in [2.24, 2.45) is 0 Å². The van der Waals surface area contributed by atoms with Crippen molar-refractivity contribution in [1.29, 1.82) is 0 Å². The van der Waals surface area contributed by atoms with Crippen LogP contribution in [0.4, 0.5) is 0 Å². The molecule has 26 heavy (non-hydrogen) atoms. The zero-order valence-corrected chi connectivity index (χ0v) is 15.5. The van der Waals surface area contributed by atoms with Crippen molar-refractivity contribution in [2.45, 2.75) is 25.4 Å². The number of rotatable bonds is 6. The van der Waals surface area contributed by atoms with Gasteiger partial charge in [-0.05, 0) is 43.1 Å². The zero-order valence-electron chi connectivity index (χ0n) is 14.7. The van der Waals surface area contributed by atoms with Crippen LogP contribution in [-0.2, 0) is 6.54 Å². The van der Waals surface area contributed by atoms with Crippen molar-refractivity contribution in [1.82, 2.24) is 15.1 Å². The van der Waals surface area contributed by atoms with E-state index in [1.165, 1.54) is 18.4 Å². The van der Waals surface area contributed by atoms with Gasteiger partial charge in [-0.25, -0.2) is 0 Å². The lowest BCUT2D eigenvalue weighted by molar-refractivity contribution is 0.277. The fourth-order valence-corrected chi connectivity index (χ4v) is 3.19. The molecular weight excluding hydrogens is 346 g/mol. The summed E-state index contributed by atoms with van der Waals surface area (Å²) in [6.07, 6.45) is 4.49. The second-order valence-corrected chi connectivity index (χ2v) is 6.51. The standard InChI is InChI=1S/C21H23N3O.ClH/c1-2-5-18(6-3-1)21-12-14-24(23-21)15-17-8-10-20(11-9-17)25-16-19-7-4-13-22-19;/h1-3,5-6,8-12,14,19,22H,4,7,13,15-16H2;1H/t19-;/m1./s1. The highest BCUT2D eigenvalue weighted by atomic mass is 35.5. The molecule has 2 heterocycles. The van der Waals surface area contributed by atoms with Gasteiger partial charge >= 0.3 is 0 Å². The first-order chi connectivity index (χ1) is 12.4. The van der Waals surface area contributed by atoms with E-state index in [9.17, 15) is 0 Å². The molecule has 0 radical (unpaired) electrons. The molecule has 1 aliphatic heterocycles. The SMILES string of the molecule is Cl.c1ccc(-c2ccn(Cc3ccc(OC[C@H]4CCCN4)cc3)n2)cc1. The molecule has 0 saturated carbocycles. The molecule has 1 aromatic heterocycles. The third-order valence-electron chi connectivity index (χ3n) is 4.59. The van der Waals surface area contributed by atoms with E-state index >= 15 is 0 Å². The lowest BCUT2D eigenvalue weighted by Crippen LogP contribution is -2.28. The summed E-state index contributed by atoms with van der Waals surface area (Å²) >= 11 is 0. The molecule has 0 aliphatic carbocycles. The summed E-state index contributed by atoms with van der Waals surface area (Å²) < 4.78 is 7.85. The number of hydrogen-bond acceptors (Lipinski definition) is 3. The monoisotopic (exact) mass is 369 g/mol. The van der Waals surface area contributed by atoms with E-state index in [4.69, 9.17) is 4.74 Å². The highest BCUT2D eigenvalue weighted by Gasteiger charge is 2.14. The van der Waals surface area contributed by atoms with Crippen LogP contribution >= 0.6 is 12.4 Å². The minimum Gasteiger partial charge on any atom is -0.492 e. The zero-order chi connectivity index (χ0) is 16.9. The fraction of sp³-hybridized carbons (Fsp3) is 0.286. The number of ether oxygens (including phenoxy) is 1. The summed E-state index contributed by atoms with van der Waals surface area (Å²) in [5, 5.41) is 8.11. The Hall–Kier alpha value is -2.30. The Kier molecular flexibility index (Phi) is 6.31. The van der Waals surface area contributed by atoms with Gasteiger partial charge in [0.05, 0.1) is 12.2 Å². The number of benzene rings is 2. The van der Waals surface area contributed by atoms with Crippen LogP contribution in [-0.4, -0.2) is 29.0 Å². The van der Waals surface area contributed by atoms with Gasteiger partial charge in [0.1, 0.15) is 12.4 Å². The molecule has 5 heteroatoms. The van der Waals surface area contributed by atoms with Crippen LogP contribution in [0.1, 0.15) is 18.4 Å². The minimum absolute atomic E-state index is 0. The van der Waals surface area contributed by atoms with E-state index in [0.29, 0.717) is 6.04 Å². The van der Waals surface area contributed by atoms with E-state index in [-0.39, 0.29) is 12.4 Å². The molecule has 0 spiro atoms. The van der Waals surface area contributed by atoms with Crippen LogP contribution in [0.15, 0.2) is 66.9 Å². The van der Waals surface area contributed by atoms with E-state index in [2.05, 4.69) is 40.7 Å². The molecule has 1 fully saturated rings. The van der Waals surface area contributed by atoms with Crippen LogP contribution in [0.2, 0.25) is 0 Å². The van der Waals surface area contributed by atoms with Gasteiger partial charge in [0.15, 0.2) is 0 Å². The molecular formula is C21H24ClN3O. The van der Waals surface area contributed by atoms with Gasteiger partial charge < -0.3 is 10.1 Å². The summed E-state index contributed by atoms with van der Waals surface area (Å²) in [7, 11) is 0. The highest BCUT2D eigenvalue weighted by Crippen LogP contribution is 2.18. The molecule has 1 aliphatic rings. The minimum atomic E-state index is 0. The van der Waals surface area contributed by atoms with Gasteiger partial charge in [-0.1, -0.05) is 42.5 Å². The molecule has 4 nitrogen and oxygen atoms in total. The molecule has 0 bridgehead atoms. The Labute approximate surface area is 160 Å². The van der Waals surface area contributed by atoms with Gasteiger partial charge in [-0.3, -0.25) is 4.68 Å². The molecule has 1 atom stereocenters. The van der Waals surface area contributed by atoms with Crippen molar-refractivity contribution in [3.63, 3.8) is 0 Å². The quantitative estimate of drug-likeness (QED) is 0.709. The Morgan fingerprint density at radius 1 is 1.04 bits per heavy atom. The molecule has 2 aromatic carbocycles. The largest absolute Gasteiger partial charge is 0.492 e. The van der Waals surface area contributed by atoms with Gasteiger partial charge in [-0.2, -0.15) is 5.10 Å². The normalized spacial score (nSPS) is 16.2. The van der Waals surface area contributed by atoms with Crippen LogP contribution in [0.3, 0.4) is 0 Å². The maximum Gasteiger partial charge on any atom is 0.119 e. The Bertz CT molecular complexity index is 796. The number of nitrogens with one attached hydrogen (secondary N) is 1. The van der Waals surface area contributed by atoms with Crippen molar-refractivity contribution in [2.75, 3.05) is 13.2 Å². The molecule has 1 saturated heterocycles. The lowest BCUT2D eigenvalue weighted by Gasteiger charge is -2.12. The smallest absolute Gasteiger partial charge is 0.119 e. The third kappa shape index (κ3) is 4.65. The summed E-state index contributed by atoms with van der Waals surface area (Å²) in [4.78, 5) is 0. The summed E-state index contributed by atoms with van der Waals surface area (Å²) in [6, 6.07) is 21.1. The van der Waals surface area contributed by atoms with Crippen molar-refractivity contribution < 1.29 is 4.74 Å². The Morgan fingerprint density at radius 3 is 2.58 bits per heavy atom. The topological polar surface area (TPSA) is 39.1 Å². The average molecular weight is 370 g/mol. The van der Waals surface area contributed by atoms with Crippen LogP contribution in [0.25, 0.3) is 11.3 Å². The Balaban J connectivity index is 0.00000196. The number of aromatic nitrogens is 2. The second-order valence-electron chi connectivity index (χ2n) is 6.51. The van der Waals surface area contributed by atoms with E-state index in [0.717, 1.165) is 36.7 Å². The van der Waals surface area contributed by atoms with E-state index in [1.54, 1.807) is 0 Å². The van der Waals surface area contributed by atoms with E-state index in [1.807, 2.05) is 41.2 Å². The second kappa shape index (κ2) is 8.88. The predicted octanol–water partition coefficient (Wildman–Crippen LogP) is 4.15. The van der Waals surface area contributed by atoms with Gasteiger partial charge in [0.25, 0.3) is 0 Å². The molecule has 3 aromatic rings. The van der Waals surface area contributed by atoms with Gasteiger partial charge in [0, 0.05) is 17.8 Å². The molecule has 4 rings (SSSR count). The highest BCUT2D eigenvalue weighted by molar-refractivity contribution is 5.85. The third-order valence-corrected chi connectivity index (χ3v) is 4.59. The number of halogens is 1. The van der Waals surface area contributed by atoms with Crippen LogP contribution in [0, 0.1) is 0 Å². The van der Waals surface area contributed by atoms with Gasteiger partial charge in [0.2, 0.25) is 0 Å². The summed E-state index contributed by atoms with van der Waals surface area (Å²) in [6.45, 7) is 2.62. The van der Waals surface area contributed by atoms with Crippen molar-refractivity contribution >= 4 is 12.4 Å². The summed E-state index contributed by atoms with van der Waals surface area (Å²) in [5.74, 6) is 0.933. The first-order valence-corrected chi connectivity index (χ1v) is 8.91. The van der Waals surface area contributed by atoms with Crippen molar-refractivity contribution in [3.8, 4) is 17.0 Å². The van der Waals surface area contributed by atoms with Crippen molar-refractivity contribution in [3.05, 3.63) is 72.4 Å². The maximum absolute atomic E-state index is 5.87. The van der Waals surface area contributed by atoms with Crippen LogP contribution in [0.5, 0.6) is 5.75 Å². The molecule has 136 valence electrons. The molecule has 0 amide bonds. The summed E-state index contributed by atoms with van der Waals surface area (Å²) in [5.41, 5.74) is 3.36. The van der Waals surface area contributed by atoms with Gasteiger partial charge in [-0.15, -0.1) is 12.4 Å². The lowest BCUT2D eigenvalue weighted by atomic mass is 10.2. The molecule has 1 N–H and O–H groups in total. The first kappa shape index (κ1) is 18.5. The molecule has 0 unspecified atom stereocenters. The Morgan fingerprint density at radius 2 is 1.85 bits per heavy atom. The van der Waals surface area contributed by atoms with E-state index < -0.39 is 0 Å². The average Bonchev–Trinajstić information content (AvgIpc) is 3.34.